The quantitative estimate of drug-likeness (QED) is 0.859. The molecule has 0 saturated heterocycles. The van der Waals surface area contributed by atoms with Crippen molar-refractivity contribution >= 4 is 11.6 Å². The van der Waals surface area contributed by atoms with Gasteiger partial charge in [-0.1, -0.05) is 54.1 Å². The number of rotatable bonds is 4. The van der Waals surface area contributed by atoms with E-state index in [4.69, 9.17) is 16.9 Å². The molecule has 0 radical (unpaired) electrons. The summed E-state index contributed by atoms with van der Waals surface area (Å²) in [5.41, 5.74) is 3.17. The van der Waals surface area contributed by atoms with Gasteiger partial charge < -0.3 is 5.11 Å². The zero-order chi connectivity index (χ0) is 13.7. The number of aliphatic hydroxyl groups excluding tert-OH is 1. The summed E-state index contributed by atoms with van der Waals surface area (Å²) in [7, 11) is 0. The molecule has 1 atom stereocenters. The molecular formula is C16H14ClNO. The second-order valence-electron chi connectivity index (χ2n) is 4.36. The molecule has 2 nitrogen and oxygen atoms in total. The van der Waals surface area contributed by atoms with Gasteiger partial charge in [0.05, 0.1) is 6.07 Å². The average Bonchev–Trinajstić information content (AvgIpc) is 2.46. The van der Waals surface area contributed by atoms with Crippen molar-refractivity contribution < 1.29 is 5.11 Å². The van der Waals surface area contributed by atoms with Crippen molar-refractivity contribution in [3.05, 3.63) is 59.1 Å². The van der Waals surface area contributed by atoms with E-state index in [-0.39, 0.29) is 0 Å². The Morgan fingerprint density at radius 1 is 1.11 bits per heavy atom. The SMILES string of the molecule is N#CC(O)CCc1ccc(-c2ccccc2Cl)cc1. The zero-order valence-corrected chi connectivity index (χ0v) is 11.1. The van der Waals surface area contributed by atoms with Crippen LogP contribution in [0.4, 0.5) is 0 Å². The largest absolute Gasteiger partial charge is 0.378 e. The van der Waals surface area contributed by atoms with Crippen LogP contribution in [-0.2, 0) is 6.42 Å². The molecule has 0 aromatic heterocycles. The minimum atomic E-state index is -0.886. The molecule has 3 heteroatoms. The van der Waals surface area contributed by atoms with Crippen LogP contribution in [0.2, 0.25) is 5.02 Å². The van der Waals surface area contributed by atoms with Gasteiger partial charge in [-0.15, -0.1) is 0 Å². The topological polar surface area (TPSA) is 44.0 Å². The number of hydrogen-bond donors (Lipinski definition) is 1. The van der Waals surface area contributed by atoms with Crippen LogP contribution in [0.3, 0.4) is 0 Å². The Morgan fingerprint density at radius 3 is 2.42 bits per heavy atom. The Balaban J connectivity index is 2.11. The summed E-state index contributed by atoms with van der Waals surface area (Å²) in [5.74, 6) is 0. The van der Waals surface area contributed by atoms with Crippen molar-refractivity contribution in [3.8, 4) is 17.2 Å². The first kappa shape index (κ1) is 13.6. The fourth-order valence-electron chi connectivity index (χ4n) is 1.91. The first-order valence-electron chi connectivity index (χ1n) is 6.12. The third kappa shape index (κ3) is 3.57. The van der Waals surface area contributed by atoms with Gasteiger partial charge in [0.1, 0.15) is 6.10 Å². The van der Waals surface area contributed by atoms with E-state index in [0.717, 1.165) is 21.7 Å². The fourth-order valence-corrected chi connectivity index (χ4v) is 2.16. The molecule has 1 unspecified atom stereocenters. The predicted octanol–water partition coefficient (Wildman–Crippen LogP) is 3.82. The highest BCUT2D eigenvalue weighted by atomic mass is 35.5. The standard InChI is InChI=1S/C16H14ClNO/c17-16-4-2-1-3-15(16)13-8-5-12(6-9-13)7-10-14(19)11-18/h1-6,8-9,14,19H,7,10H2. The Labute approximate surface area is 117 Å². The highest BCUT2D eigenvalue weighted by molar-refractivity contribution is 6.33. The summed E-state index contributed by atoms with van der Waals surface area (Å²) < 4.78 is 0. The molecule has 0 heterocycles. The first-order chi connectivity index (χ1) is 9.20. The molecule has 0 bridgehead atoms. The normalized spacial score (nSPS) is 11.8. The lowest BCUT2D eigenvalue weighted by Crippen LogP contribution is -2.03. The number of halogens is 1. The molecule has 2 aromatic rings. The zero-order valence-electron chi connectivity index (χ0n) is 10.4. The maximum atomic E-state index is 9.21. The van der Waals surface area contributed by atoms with Crippen molar-refractivity contribution in [2.75, 3.05) is 0 Å². The van der Waals surface area contributed by atoms with E-state index in [1.54, 1.807) is 0 Å². The second-order valence-corrected chi connectivity index (χ2v) is 4.77. The first-order valence-corrected chi connectivity index (χ1v) is 6.50. The minimum absolute atomic E-state index is 0.460. The maximum Gasteiger partial charge on any atom is 0.140 e. The molecule has 1 N–H and O–H groups in total. The molecular weight excluding hydrogens is 258 g/mol. The van der Waals surface area contributed by atoms with E-state index in [0.29, 0.717) is 12.8 Å². The molecule has 96 valence electrons. The lowest BCUT2D eigenvalue weighted by atomic mass is 10.0. The lowest BCUT2D eigenvalue weighted by Gasteiger charge is -2.06. The van der Waals surface area contributed by atoms with Crippen LogP contribution in [0.5, 0.6) is 0 Å². The molecule has 0 aliphatic heterocycles. The van der Waals surface area contributed by atoms with Crippen LogP contribution in [0, 0.1) is 11.3 Å². The molecule has 0 saturated carbocycles. The smallest absolute Gasteiger partial charge is 0.140 e. The van der Waals surface area contributed by atoms with Gasteiger partial charge in [-0.25, -0.2) is 0 Å². The molecule has 0 aliphatic carbocycles. The van der Waals surface area contributed by atoms with E-state index in [1.165, 1.54) is 0 Å². The van der Waals surface area contributed by atoms with Gasteiger partial charge >= 0.3 is 0 Å². The molecule has 0 aliphatic rings. The maximum absolute atomic E-state index is 9.21. The number of benzene rings is 2. The summed E-state index contributed by atoms with van der Waals surface area (Å²) in [5, 5.41) is 18.5. The van der Waals surface area contributed by atoms with Crippen LogP contribution in [0.15, 0.2) is 48.5 Å². The number of nitrogens with zero attached hydrogens (tertiary/aromatic N) is 1. The summed E-state index contributed by atoms with van der Waals surface area (Å²) in [4.78, 5) is 0. The van der Waals surface area contributed by atoms with Gasteiger partial charge in [-0.05, 0) is 30.0 Å². The van der Waals surface area contributed by atoms with Crippen LogP contribution < -0.4 is 0 Å². The summed E-state index contributed by atoms with van der Waals surface area (Å²) in [6.07, 6.45) is 0.266. The average molecular weight is 272 g/mol. The fraction of sp³-hybridized carbons (Fsp3) is 0.188. The van der Waals surface area contributed by atoms with Gasteiger partial charge in [0.25, 0.3) is 0 Å². The van der Waals surface area contributed by atoms with E-state index in [2.05, 4.69) is 0 Å². The summed E-state index contributed by atoms with van der Waals surface area (Å²) in [6.45, 7) is 0. The van der Waals surface area contributed by atoms with Gasteiger partial charge in [-0.2, -0.15) is 5.26 Å². The third-order valence-corrected chi connectivity index (χ3v) is 3.32. The Morgan fingerprint density at radius 2 is 1.79 bits per heavy atom. The van der Waals surface area contributed by atoms with E-state index in [1.807, 2.05) is 54.6 Å². The Kier molecular flexibility index (Phi) is 4.57. The van der Waals surface area contributed by atoms with Gasteiger partial charge in [-0.3, -0.25) is 0 Å². The lowest BCUT2D eigenvalue weighted by molar-refractivity contribution is 0.220. The molecule has 2 aromatic carbocycles. The molecule has 0 amide bonds. The van der Waals surface area contributed by atoms with E-state index in [9.17, 15) is 5.11 Å². The van der Waals surface area contributed by atoms with Crippen LogP contribution in [-0.4, -0.2) is 11.2 Å². The van der Waals surface area contributed by atoms with E-state index < -0.39 is 6.10 Å². The predicted molar refractivity (Wildman–Crippen MR) is 76.8 cm³/mol. The Bertz CT molecular complexity index is 586. The second kappa shape index (κ2) is 6.38. The Hall–Kier alpha value is -1.82. The van der Waals surface area contributed by atoms with Crippen LogP contribution >= 0.6 is 11.6 Å². The van der Waals surface area contributed by atoms with Crippen LogP contribution in [0.25, 0.3) is 11.1 Å². The minimum Gasteiger partial charge on any atom is -0.378 e. The number of aryl methyl sites for hydroxylation is 1. The molecule has 2 rings (SSSR count). The highest BCUT2D eigenvalue weighted by Crippen LogP contribution is 2.27. The summed E-state index contributed by atoms with van der Waals surface area (Å²) in [6, 6.07) is 17.6. The van der Waals surface area contributed by atoms with Crippen molar-refractivity contribution in [3.63, 3.8) is 0 Å². The molecule has 0 spiro atoms. The van der Waals surface area contributed by atoms with Gasteiger partial charge in [0.15, 0.2) is 0 Å². The van der Waals surface area contributed by atoms with Crippen molar-refractivity contribution in [1.82, 2.24) is 0 Å². The molecule has 0 fully saturated rings. The number of aliphatic hydroxyl groups is 1. The van der Waals surface area contributed by atoms with E-state index >= 15 is 0 Å². The monoisotopic (exact) mass is 271 g/mol. The summed E-state index contributed by atoms with van der Waals surface area (Å²) >= 11 is 6.15. The third-order valence-electron chi connectivity index (χ3n) is 2.99. The molecule has 19 heavy (non-hydrogen) atoms. The van der Waals surface area contributed by atoms with Crippen molar-refractivity contribution in [2.45, 2.75) is 18.9 Å². The van der Waals surface area contributed by atoms with Crippen molar-refractivity contribution in [2.24, 2.45) is 0 Å². The highest BCUT2D eigenvalue weighted by Gasteiger charge is 2.04. The van der Waals surface area contributed by atoms with Gasteiger partial charge in [0.2, 0.25) is 0 Å². The number of nitriles is 1. The van der Waals surface area contributed by atoms with Gasteiger partial charge in [0, 0.05) is 10.6 Å². The van der Waals surface area contributed by atoms with Crippen LogP contribution in [0.1, 0.15) is 12.0 Å². The van der Waals surface area contributed by atoms with Crippen molar-refractivity contribution in [1.29, 1.82) is 5.26 Å². The number of hydrogen-bond acceptors (Lipinski definition) is 2.